The second-order valence-electron chi connectivity index (χ2n) is 2.72. The quantitative estimate of drug-likeness (QED) is 0.506. The summed E-state index contributed by atoms with van der Waals surface area (Å²) < 4.78 is 24.4. The van der Waals surface area contributed by atoms with Gasteiger partial charge in [0.25, 0.3) is 0 Å². The third kappa shape index (κ3) is 6.50. The van der Waals surface area contributed by atoms with Crippen LogP contribution < -0.4 is 10.5 Å². The van der Waals surface area contributed by atoms with Gasteiger partial charge in [0.05, 0.1) is 12.2 Å². The lowest BCUT2D eigenvalue weighted by Crippen LogP contribution is -2.39. The maximum Gasteiger partial charge on any atom is 0.304 e. The molecule has 7 heteroatoms. The number of nitrogens with two attached hydrogens (primary N) is 1. The van der Waals surface area contributed by atoms with Gasteiger partial charge in [-0.05, 0) is 6.92 Å². The van der Waals surface area contributed by atoms with Crippen molar-refractivity contribution in [2.75, 3.05) is 12.3 Å². The van der Waals surface area contributed by atoms with Gasteiger partial charge in [-0.15, -0.1) is 0 Å². The van der Waals surface area contributed by atoms with Gasteiger partial charge < -0.3 is 10.8 Å². The van der Waals surface area contributed by atoms with Crippen molar-refractivity contribution in [2.24, 2.45) is 5.73 Å². The van der Waals surface area contributed by atoms with Crippen LogP contribution in [0, 0.1) is 0 Å². The van der Waals surface area contributed by atoms with E-state index in [0.717, 1.165) is 0 Å². The fourth-order valence-corrected chi connectivity index (χ4v) is 1.91. The third-order valence-corrected chi connectivity index (χ3v) is 2.82. The molecule has 78 valence electrons. The topological polar surface area (TPSA) is 109 Å². The first-order valence-electron chi connectivity index (χ1n) is 3.79. The normalized spacial score (nSPS) is 14.0. The predicted octanol–water partition coefficient (Wildman–Crippen LogP) is -1.27. The molecule has 0 aliphatic carbocycles. The van der Waals surface area contributed by atoms with E-state index in [1.54, 1.807) is 6.92 Å². The van der Waals surface area contributed by atoms with Crippen molar-refractivity contribution in [3.8, 4) is 0 Å². The number of carbonyl (C=O) groups is 1. The van der Waals surface area contributed by atoms with Gasteiger partial charge in [0, 0.05) is 12.6 Å². The summed E-state index contributed by atoms with van der Waals surface area (Å²) in [4.78, 5) is 10.1. The average Bonchev–Trinajstić information content (AvgIpc) is 2.00. The van der Waals surface area contributed by atoms with Gasteiger partial charge in [-0.1, -0.05) is 0 Å². The Morgan fingerprint density at radius 1 is 1.62 bits per heavy atom. The molecule has 0 aliphatic rings. The third-order valence-electron chi connectivity index (χ3n) is 1.32. The molecule has 0 amide bonds. The van der Waals surface area contributed by atoms with Crippen LogP contribution in [0.5, 0.6) is 0 Å². The Kier molecular flexibility index (Phi) is 4.89. The standard InChI is InChI=1S/C6H14N2O4S/c1-5(4-7)8-13(11,12)3-2-6(9)10/h5,8H,2-4,7H2,1H3,(H,9,10). The van der Waals surface area contributed by atoms with Crippen LogP contribution >= 0.6 is 0 Å². The zero-order valence-corrected chi connectivity index (χ0v) is 8.17. The van der Waals surface area contributed by atoms with Gasteiger partial charge in [0.2, 0.25) is 10.0 Å². The van der Waals surface area contributed by atoms with E-state index in [-0.39, 0.29) is 12.6 Å². The van der Waals surface area contributed by atoms with Crippen LogP contribution in [0.25, 0.3) is 0 Å². The zero-order chi connectivity index (χ0) is 10.5. The lowest BCUT2D eigenvalue weighted by atomic mass is 10.4. The Morgan fingerprint density at radius 2 is 2.15 bits per heavy atom. The first-order valence-corrected chi connectivity index (χ1v) is 5.44. The van der Waals surface area contributed by atoms with Gasteiger partial charge in [-0.3, -0.25) is 4.79 Å². The van der Waals surface area contributed by atoms with E-state index >= 15 is 0 Å². The molecule has 0 aliphatic heterocycles. The highest BCUT2D eigenvalue weighted by Crippen LogP contribution is 1.91. The first-order chi connectivity index (χ1) is 5.87. The minimum absolute atomic E-state index is 0.187. The molecule has 0 aromatic heterocycles. The molecular formula is C6H14N2O4S. The lowest BCUT2D eigenvalue weighted by Gasteiger charge is -2.10. The van der Waals surface area contributed by atoms with Crippen molar-refractivity contribution < 1.29 is 18.3 Å². The van der Waals surface area contributed by atoms with Crippen LogP contribution in [0.2, 0.25) is 0 Å². The Bertz CT molecular complexity index is 262. The van der Waals surface area contributed by atoms with E-state index in [0.29, 0.717) is 0 Å². The van der Waals surface area contributed by atoms with Crippen LogP contribution in [0.4, 0.5) is 0 Å². The molecule has 0 bridgehead atoms. The summed E-state index contributed by atoms with van der Waals surface area (Å²) in [7, 11) is -3.50. The highest BCUT2D eigenvalue weighted by atomic mass is 32.2. The van der Waals surface area contributed by atoms with E-state index in [1.165, 1.54) is 0 Å². The van der Waals surface area contributed by atoms with Crippen LogP contribution in [-0.2, 0) is 14.8 Å². The van der Waals surface area contributed by atoms with Gasteiger partial charge in [-0.25, -0.2) is 13.1 Å². The molecular weight excluding hydrogens is 196 g/mol. The van der Waals surface area contributed by atoms with E-state index in [9.17, 15) is 13.2 Å². The van der Waals surface area contributed by atoms with E-state index in [4.69, 9.17) is 10.8 Å². The number of rotatable bonds is 6. The van der Waals surface area contributed by atoms with Crippen molar-refractivity contribution in [3.05, 3.63) is 0 Å². The molecule has 0 saturated heterocycles. The summed E-state index contributed by atoms with van der Waals surface area (Å²) in [5.41, 5.74) is 5.19. The van der Waals surface area contributed by atoms with Crippen molar-refractivity contribution >= 4 is 16.0 Å². The van der Waals surface area contributed by atoms with Crippen LogP contribution in [0.15, 0.2) is 0 Å². The fourth-order valence-electron chi connectivity index (χ4n) is 0.635. The minimum atomic E-state index is -3.50. The molecule has 4 N–H and O–H groups in total. The second kappa shape index (κ2) is 5.15. The van der Waals surface area contributed by atoms with E-state index < -0.39 is 28.2 Å². The van der Waals surface area contributed by atoms with E-state index in [2.05, 4.69) is 4.72 Å². The highest BCUT2D eigenvalue weighted by Gasteiger charge is 2.14. The van der Waals surface area contributed by atoms with Gasteiger partial charge in [0.15, 0.2) is 0 Å². The van der Waals surface area contributed by atoms with Crippen molar-refractivity contribution in [2.45, 2.75) is 19.4 Å². The Morgan fingerprint density at radius 3 is 2.54 bits per heavy atom. The predicted molar refractivity (Wildman–Crippen MR) is 47.7 cm³/mol. The summed E-state index contributed by atoms with van der Waals surface area (Å²) in [6, 6.07) is -0.362. The molecule has 1 unspecified atom stereocenters. The molecule has 6 nitrogen and oxygen atoms in total. The zero-order valence-electron chi connectivity index (χ0n) is 7.36. The summed E-state index contributed by atoms with van der Waals surface area (Å²) >= 11 is 0. The van der Waals surface area contributed by atoms with Gasteiger partial charge in [0.1, 0.15) is 0 Å². The van der Waals surface area contributed by atoms with Gasteiger partial charge in [-0.2, -0.15) is 0 Å². The number of carboxylic acid groups (broad SMARTS) is 1. The van der Waals surface area contributed by atoms with E-state index in [1.807, 2.05) is 0 Å². The number of nitrogens with one attached hydrogen (secondary N) is 1. The summed E-state index contributed by atoms with van der Waals surface area (Å²) in [5.74, 6) is -1.54. The molecule has 0 radical (unpaired) electrons. The number of carboxylic acids is 1. The molecule has 0 spiro atoms. The SMILES string of the molecule is CC(CN)NS(=O)(=O)CCC(=O)O. The number of aliphatic carboxylic acids is 1. The minimum Gasteiger partial charge on any atom is -0.481 e. The summed E-state index contributed by atoms with van der Waals surface area (Å²) in [5, 5.41) is 8.25. The van der Waals surface area contributed by atoms with Crippen LogP contribution in [0.1, 0.15) is 13.3 Å². The maximum absolute atomic E-state index is 11.1. The highest BCUT2D eigenvalue weighted by molar-refractivity contribution is 7.89. The molecule has 0 aromatic rings. The lowest BCUT2D eigenvalue weighted by molar-refractivity contribution is -0.136. The molecule has 0 fully saturated rings. The fraction of sp³-hybridized carbons (Fsp3) is 0.833. The average molecular weight is 210 g/mol. The van der Waals surface area contributed by atoms with Crippen molar-refractivity contribution in [3.63, 3.8) is 0 Å². The Hall–Kier alpha value is -0.660. The molecule has 0 heterocycles. The summed E-state index contributed by atoms with van der Waals surface area (Å²) in [6.45, 7) is 1.80. The number of hydrogen-bond acceptors (Lipinski definition) is 4. The Labute approximate surface area is 77.2 Å². The smallest absolute Gasteiger partial charge is 0.304 e. The molecule has 1 atom stereocenters. The second-order valence-corrected chi connectivity index (χ2v) is 4.59. The summed E-state index contributed by atoms with van der Waals surface area (Å²) in [6.07, 6.45) is -0.396. The largest absolute Gasteiger partial charge is 0.481 e. The van der Waals surface area contributed by atoms with Crippen molar-refractivity contribution in [1.29, 1.82) is 0 Å². The monoisotopic (exact) mass is 210 g/mol. The first kappa shape index (κ1) is 12.3. The van der Waals surface area contributed by atoms with Gasteiger partial charge >= 0.3 is 5.97 Å². The number of sulfonamides is 1. The van der Waals surface area contributed by atoms with Crippen LogP contribution in [0.3, 0.4) is 0 Å². The molecule has 0 aromatic carbocycles. The van der Waals surface area contributed by atoms with Crippen molar-refractivity contribution in [1.82, 2.24) is 4.72 Å². The number of hydrogen-bond donors (Lipinski definition) is 3. The molecule has 0 saturated carbocycles. The van der Waals surface area contributed by atoms with Crippen LogP contribution in [-0.4, -0.2) is 37.8 Å². The maximum atomic E-state index is 11.1. The molecule has 0 rings (SSSR count). The molecule has 13 heavy (non-hydrogen) atoms. The Balaban J connectivity index is 4.02.